The highest BCUT2D eigenvalue weighted by Gasteiger charge is 2.17. The standard InChI is InChI=1S/C25H22N6/c1-15-17(10-26)7-18(11-27-15)19-8-20-21(13-29-24(20)28-12-19)16-5-6-22-23(9-16)31(14-30-22)25(2,3)4/h5-9,11-14H,1-4H3,(H,28,29). The summed E-state index contributed by atoms with van der Waals surface area (Å²) in [6, 6.07) is 12.5. The Bertz CT molecular complexity index is 1490. The first kappa shape index (κ1) is 19.0. The highest BCUT2D eigenvalue weighted by molar-refractivity contribution is 5.97. The van der Waals surface area contributed by atoms with Crippen molar-refractivity contribution >= 4 is 22.1 Å². The van der Waals surface area contributed by atoms with Crippen LogP contribution in [0.15, 0.2) is 55.2 Å². The quantitative estimate of drug-likeness (QED) is 0.415. The van der Waals surface area contributed by atoms with E-state index in [0.29, 0.717) is 5.56 Å². The summed E-state index contributed by atoms with van der Waals surface area (Å²) in [7, 11) is 0. The van der Waals surface area contributed by atoms with Gasteiger partial charge in [-0.3, -0.25) is 4.98 Å². The fourth-order valence-electron chi connectivity index (χ4n) is 3.91. The van der Waals surface area contributed by atoms with Crippen molar-refractivity contribution in [2.24, 2.45) is 0 Å². The van der Waals surface area contributed by atoms with Crippen LogP contribution in [0.5, 0.6) is 0 Å². The van der Waals surface area contributed by atoms with Crippen molar-refractivity contribution in [3.05, 3.63) is 66.5 Å². The lowest BCUT2D eigenvalue weighted by Gasteiger charge is -2.21. The number of hydrogen-bond acceptors (Lipinski definition) is 4. The van der Waals surface area contributed by atoms with Crippen molar-refractivity contribution in [2.75, 3.05) is 0 Å². The van der Waals surface area contributed by atoms with Crippen molar-refractivity contribution in [3.63, 3.8) is 0 Å². The van der Waals surface area contributed by atoms with Crippen LogP contribution in [-0.2, 0) is 5.54 Å². The number of imidazole rings is 1. The van der Waals surface area contributed by atoms with Crippen LogP contribution in [0.25, 0.3) is 44.3 Å². The van der Waals surface area contributed by atoms with Gasteiger partial charge in [-0.1, -0.05) is 6.07 Å². The third-order valence-electron chi connectivity index (χ3n) is 5.65. The number of nitrogens with zero attached hydrogens (tertiary/aromatic N) is 5. The molecule has 1 aromatic carbocycles. The molecular weight excluding hydrogens is 384 g/mol. The first-order valence-corrected chi connectivity index (χ1v) is 10.2. The number of H-pyrrole nitrogens is 1. The van der Waals surface area contributed by atoms with Crippen LogP contribution < -0.4 is 0 Å². The lowest BCUT2D eigenvalue weighted by molar-refractivity contribution is 0.408. The molecule has 0 bridgehead atoms. The van der Waals surface area contributed by atoms with Crippen LogP contribution in [0.3, 0.4) is 0 Å². The first-order chi connectivity index (χ1) is 14.8. The minimum Gasteiger partial charge on any atom is -0.346 e. The van der Waals surface area contributed by atoms with E-state index in [9.17, 15) is 5.26 Å². The van der Waals surface area contributed by atoms with Gasteiger partial charge in [0, 0.05) is 46.2 Å². The van der Waals surface area contributed by atoms with Crippen LogP contribution in [0.2, 0.25) is 0 Å². The molecule has 4 aromatic heterocycles. The number of aromatic amines is 1. The number of fused-ring (bicyclic) bond motifs is 2. The molecule has 4 heterocycles. The average Bonchev–Trinajstić information content (AvgIpc) is 3.37. The zero-order chi connectivity index (χ0) is 21.8. The largest absolute Gasteiger partial charge is 0.346 e. The highest BCUT2D eigenvalue weighted by Crippen LogP contribution is 2.33. The predicted molar refractivity (Wildman–Crippen MR) is 122 cm³/mol. The molecule has 0 aliphatic rings. The Kier molecular flexibility index (Phi) is 4.16. The van der Waals surface area contributed by atoms with Crippen LogP contribution in [0, 0.1) is 18.3 Å². The summed E-state index contributed by atoms with van der Waals surface area (Å²) in [4.78, 5) is 16.8. The van der Waals surface area contributed by atoms with E-state index in [0.717, 1.165) is 50.0 Å². The fraction of sp³-hybridized carbons (Fsp3) is 0.200. The monoisotopic (exact) mass is 406 g/mol. The normalized spacial score (nSPS) is 11.8. The molecule has 0 aliphatic carbocycles. The number of nitriles is 1. The zero-order valence-corrected chi connectivity index (χ0v) is 17.9. The Balaban J connectivity index is 1.66. The van der Waals surface area contributed by atoms with Crippen molar-refractivity contribution in [3.8, 4) is 28.3 Å². The van der Waals surface area contributed by atoms with Crippen LogP contribution in [0.1, 0.15) is 32.0 Å². The molecule has 5 rings (SSSR count). The molecule has 0 saturated heterocycles. The van der Waals surface area contributed by atoms with Crippen molar-refractivity contribution in [2.45, 2.75) is 33.2 Å². The first-order valence-electron chi connectivity index (χ1n) is 10.2. The van der Waals surface area contributed by atoms with Gasteiger partial charge in [-0.25, -0.2) is 9.97 Å². The van der Waals surface area contributed by atoms with Crippen LogP contribution >= 0.6 is 0 Å². The Hall–Kier alpha value is -3.98. The third kappa shape index (κ3) is 3.15. The molecule has 0 radical (unpaired) electrons. The number of aryl methyl sites for hydroxylation is 1. The van der Waals surface area contributed by atoms with E-state index < -0.39 is 0 Å². The van der Waals surface area contributed by atoms with Gasteiger partial charge in [0.1, 0.15) is 11.7 Å². The Morgan fingerprint density at radius 1 is 0.968 bits per heavy atom. The van der Waals surface area contributed by atoms with Gasteiger partial charge in [-0.05, 0) is 57.5 Å². The lowest BCUT2D eigenvalue weighted by Crippen LogP contribution is -2.20. The van der Waals surface area contributed by atoms with Gasteiger partial charge in [0.25, 0.3) is 0 Å². The Labute approximate surface area is 180 Å². The summed E-state index contributed by atoms with van der Waals surface area (Å²) >= 11 is 0. The zero-order valence-electron chi connectivity index (χ0n) is 17.9. The van der Waals surface area contributed by atoms with E-state index in [4.69, 9.17) is 0 Å². The van der Waals surface area contributed by atoms with Crippen molar-refractivity contribution in [1.29, 1.82) is 5.26 Å². The van der Waals surface area contributed by atoms with E-state index in [1.165, 1.54) is 0 Å². The fourth-order valence-corrected chi connectivity index (χ4v) is 3.91. The van der Waals surface area contributed by atoms with Gasteiger partial charge in [-0.2, -0.15) is 5.26 Å². The molecule has 0 saturated carbocycles. The Morgan fingerprint density at radius 3 is 2.52 bits per heavy atom. The molecule has 0 amide bonds. The summed E-state index contributed by atoms with van der Waals surface area (Å²) in [6.07, 6.45) is 7.50. The maximum Gasteiger partial charge on any atom is 0.137 e. The second-order valence-electron chi connectivity index (χ2n) is 8.78. The van der Waals surface area contributed by atoms with E-state index in [1.807, 2.05) is 31.7 Å². The molecule has 0 aliphatic heterocycles. The number of nitrogens with one attached hydrogen (secondary N) is 1. The van der Waals surface area contributed by atoms with Gasteiger partial charge in [0.15, 0.2) is 0 Å². The average molecular weight is 406 g/mol. The van der Waals surface area contributed by atoms with Gasteiger partial charge < -0.3 is 9.55 Å². The van der Waals surface area contributed by atoms with E-state index in [1.54, 1.807) is 6.20 Å². The van der Waals surface area contributed by atoms with Crippen molar-refractivity contribution < 1.29 is 0 Å². The summed E-state index contributed by atoms with van der Waals surface area (Å²) in [6.45, 7) is 8.36. The molecule has 31 heavy (non-hydrogen) atoms. The second kappa shape index (κ2) is 6.78. The maximum absolute atomic E-state index is 9.35. The minimum atomic E-state index is -0.0563. The van der Waals surface area contributed by atoms with Gasteiger partial charge in [-0.15, -0.1) is 0 Å². The summed E-state index contributed by atoms with van der Waals surface area (Å²) in [5.74, 6) is 0. The van der Waals surface area contributed by atoms with E-state index >= 15 is 0 Å². The number of rotatable bonds is 2. The predicted octanol–water partition coefficient (Wildman–Crippen LogP) is 5.58. The molecule has 0 unspecified atom stereocenters. The van der Waals surface area contributed by atoms with Gasteiger partial charge >= 0.3 is 0 Å². The lowest BCUT2D eigenvalue weighted by atomic mass is 10.0. The molecule has 6 heteroatoms. The molecular formula is C25H22N6. The molecule has 0 fully saturated rings. The smallest absolute Gasteiger partial charge is 0.137 e. The number of benzene rings is 1. The number of pyridine rings is 2. The third-order valence-corrected chi connectivity index (χ3v) is 5.65. The van der Waals surface area contributed by atoms with Crippen LogP contribution in [-0.4, -0.2) is 24.5 Å². The molecule has 6 nitrogen and oxygen atoms in total. The molecule has 1 N–H and O–H groups in total. The maximum atomic E-state index is 9.35. The SMILES string of the molecule is Cc1ncc(-c2cnc3[nH]cc(-c4ccc5ncn(C(C)(C)C)c5c4)c3c2)cc1C#N. The van der Waals surface area contributed by atoms with Crippen LogP contribution in [0.4, 0.5) is 0 Å². The van der Waals surface area contributed by atoms with E-state index in [2.05, 4.69) is 75.6 Å². The Morgan fingerprint density at radius 2 is 1.74 bits per heavy atom. The van der Waals surface area contributed by atoms with E-state index in [-0.39, 0.29) is 5.54 Å². The summed E-state index contributed by atoms with van der Waals surface area (Å²) in [5, 5.41) is 10.4. The second-order valence-corrected chi connectivity index (χ2v) is 8.78. The molecule has 0 spiro atoms. The number of hydrogen-bond donors (Lipinski definition) is 1. The van der Waals surface area contributed by atoms with Gasteiger partial charge in [0.05, 0.1) is 28.6 Å². The molecule has 152 valence electrons. The summed E-state index contributed by atoms with van der Waals surface area (Å²) < 4.78 is 2.20. The number of aromatic nitrogens is 5. The van der Waals surface area contributed by atoms with Gasteiger partial charge in [0.2, 0.25) is 0 Å². The molecule has 5 aromatic rings. The highest BCUT2D eigenvalue weighted by atomic mass is 15.1. The minimum absolute atomic E-state index is 0.0563. The topological polar surface area (TPSA) is 83.2 Å². The summed E-state index contributed by atoms with van der Waals surface area (Å²) in [5.41, 5.74) is 8.14. The van der Waals surface area contributed by atoms with Crippen molar-refractivity contribution in [1.82, 2.24) is 24.5 Å². The molecule has 0 atom stereocenters.